The number of alkyl halides is 2. The van der Waals surface area contributed by atoms with Gasteiger partial charge in [0, 0.05) is 18.0 Å². The highest BCUT2D eigenvalue weighted by Gasteiger charge is 2.54. The monoisotopic (exact) mass is 549 g/mol. The molecule has 0 aromatic heterocycles. The molecule has 3 atom stereocenters. The van der Waals surface area contributed by atoms with E-state index in [1.54, 1.807) is 30.4 Å². The van der Waals surface area contributed by atoms with E-state index in [0.717, 1.165) is 76.7 Å². The third kappa shape index (κ3) is 8.74. The Bertz CT molecular complexity index is 825. The van der Waals surface area contributed by atoms with E-state index < -0.39 is 20.3 Å². The topological polar surface area (TPSA) is 38.3 Å². The normalized spacial score (nSPS) is 19.0. The first kappa shape index (κ1) is 32.7. The smallest absolute Gasteiger partial charge is 0.301 e. The van der Waals surface area contributed by atoms with Crippen LogP contribution in [0.1, 0.15) is 117 Å². The Morgan fingerprint density at radius 2 is 1.53 bits per heavy atom. The van der Waals surface area contributed by atoms with E-state index in [-0.39, 0.29) is 22.6 Å². The molecule has 38 heavy (non-hydrogen) atoms. The van der Waals surface area contributed by atoms with Crippen molar-refractivity contribution >= 4 is 14.2 Å². The fourth-order valence-corrected chi connectivity index (χ4v) is 10.9. The molecule has 1 fully saturated rings. The van der Waals surface area contributed by atoms with E-state index in [0.29, 0.717) is 12.8 Å². The van der Waals surface area contributed by atoms with Crippen LogP contribution < -0.4 is 5.32 Å². The summed E-state index contributed by atoms with van der Waals surface area (Å²) in [5.74, 6) is -3.20. The number of hydrogen-bond donors (Lipinski definition) is 1. The first-order valence-electron chi connectivity index (χ1n) is 15.3. The van der Waals surface area contributed by atoms with Crippen molar-refractivity contribution in [3.05, 3.63) is 48.0 Å². The maximum atomic E-state index is 16.3. The van der Waals surface area contributed by atoms with E-state index in [4.69, 9.17) is 4.43 Å². The molecule has 0 bridgehead atoms. The Morgan fingerprint density at radius 1 is 0.974 bits per heavy atom. The van der Waals surface area contributed by atoms with Gasteiger partial charge in [0.25, 0.3) is 0 Å². The van der Waals surface area contributed by atoms with E-state index >= 15 is 8.78 Å². The van der Waals surface area contributed by atoms with Gasteiger partial charge >= 0.3 is 5.92 Å². The van der Waals surface area contributed by atoms with Crippen LogP contribution in [0.4, 0.5) is 8.78 Å². The minimum atomic E-state index is -3.17. The Morgan fingerprint density at radius 3 is 2.00 bits per heavy atom. The summed E-state index contributed by atoms with van der Waals surface area (Å²) in [6.45, 7) is 11.1. The number of benzene rings is 1. The molecule has 6 heteroatoms. The number of carbonyl (C=O) groups excluding carboxylic acids is 1. The van der Waals surface area contributed by atoms with Crippen LogP contribution >= 0.6 is 0 Å². The lowest BCUT2D eigenvalue weighted by Gasteiger charge is -2.50. The predicted molar refractivity (Wildman–Crippen MR) is 158 cm³/mol. The van der Waals surface area contributed by atoms with Crippen LogP contribution in [0.2, 0.25) is 17.6 Å². The van der Waals surface area contributed by atoms with Crippen LogP contribution in [0.5, 0.6) is 0 Å². The van der Waals surface area contributed by atoms with Crippen LogP contribution in [0.15, 0.2) is 42.5 Å². The summed E-state index contributed by atoms with van der Waals surface area (Å²) in [7, 11) is -2.68. The number of unbranched alkanes of at least 4 members (excludes halogenated alkanes) is 4. The summed E-state index contributed by atoms with van der Waals surface area (Å²) < 4.78 is 39.6. The van der Waals surface area contributed by atoms with Crippen molar-refractivity contribution in [3.8, 4) is 0 Å². The summed E-state index contributed by atoms with van der Waals surface area (Å²) >= 11 is 0. The fraction of sp³-hybridized carbons (Fsp3) is 0.719. The van der Waals surface area contributed by atoms with E-state index in [1.165, 1.54) is 12.1 Å². The second-order valence-corrected chi connectivity index (χ2v) is 15.8. The average Bonchev–Trinajstić information content (AvgIpc) is 3.34. The van der Waals surface area contributed by atoms with Crippen LogP contribution in [-0.4, -0.2) is 26.4 Å². The SMILES string of the molecule is CCCCC(CCCC)(CCCC)[Si](C)(CCCC)OC(C=C[C@H]1CCC(=O)N1)C(F)(F)c1ccccc1. The van der Waals surface area contributed by atoms with Crippen molar-refractivity contribution in [2.75, 3.05) is 0 Å². The average molecular weight is 550 g/mol. The highest BCUT2D eigenvalue weighted by molar-refractivity contribution is 6.75. The lowest BCUT2D eigenvalue weighted by Crippen LogP contribution is -2.53. The molecule has 1 aromatic carbocycles. The van der Waals surface area contributed by atoms with Crippen LogP contribution in [0.25, 0.3) is 0 Å². The molecule has 0 saturated carbocycles. The quantitative estimate of drug-likeness (QED) is 0.138. The number of amides is 1. The number of halogens is 2. The Kier molecular flexibility index (Phi) is 13.7. The summed E-state index contributed by atoms with van der Waals surface area (Å²) in [6.07, 6.45) is 14.9. The molecule has 1 aliphatic rings. The van der Waals surface area contributed by atoms with Gasteiger partial charge in [-0.15, -0.1) is 0 Å². The second-order valence-electron chi connectivity index (χ2n) is 11.6. The van der Waals surface area contributed by atoms with Gasteiger partial charge in [0.1, 0.15) is 6.10 Å². The number of rotatable bonds is 19. The van der Waals surface area contributed by atoms with Crippen molar-refractivity contribution in [2.24, 2.45) is 0 Å². The first-order valence-corrected chi connectivity index (χ1v) is 17.9. The number of nitrogens with one attached hydrogen (secondary N) is 1. The molecular formula is C32H53F2NO2Si. The zero-order valence-corrected chi connectivity index (χ0v) is 25.7. The zero-order valence-electron chi connectivity index (χ0n) is 24.7. The summed E-state index contributed by atoms with van der Waals surface area (Å²) in [5, 5.41) is 2.87. The molecule has 0 aliphatic carbocycles. The fourth-order valence-electron chi connectivity index (χ4n) is 6.03. The van der Waals surface area contributed by atoms with Gasteiger partial charge in [-0.1, -0.05) is 122 Å². The molecule has 0 radical (unpaired) electrons. The number of hydrogen-bond acceptors (Lipinski definition) is 2. The third-order valence-electron chi connectivity index (χ3n) is 8.61. The predicted octanol–water partition coefficient (Wildman–Crippen LogP) is 9.68. The molecule has 3 nitrogen and oxygen atoms in total. The first-order chi connectivity index (χ1) is 18.2. The molecule has 1 heterocycles. The van der Waals surface area contributed by atoms with Crippen LogP contribution in [0.3, 0.4) is 0 Å². The molecule has 1 amide bonds. The zero-order chi connectivity index (χ0) is 28.1. The van der Waals surface area contributed by atoms with E-state index in [1.807, 2.05) is 0 Å². The van der Waals surface area contributed by atoms with Gasteiger partial charge in [-0.05, 0) is 43.3 Å². The van der Waals surface area contributed by atoms with Crippen molar-refractivity contribution in [2.45, 2.75) is 147 Å². The second kappa shape index (κ2) is 15.9. The maximum Gasteiger partial charge on any atom is 0.301 e. The van der Waals surface area contributed by atoms with Gasteiger partial charge in [-0.3, -0.25) is 4.79 Å². The van der Waals surface area contributed by atoms with Crippen LogP contribution in [0, 0.1) is 0 Å². The standard InChI is InChI=1S/C32H53F2NO2Si/c1-6-10-23-31(24-11-7-2,25-12-8-3)38(5,26-13-9-4)37-29(21-19-28-20-22-30(36)35-28)32(33,34)27-17-15-14-16-18-27/h14-19,21,28-29H,6-13,20,22-26H2,1-5H3,(H,35,36)/t28-,29?,38?/m0/s1. The minimum absolute atomic E-state index is 0.0155. The minimum Gasteiger partial charge on any atom is -0.404 e. The molecule has 1 aromatic rings. The highest BCUT2D eigenvalue weighted by atomic mass is 28.4. The van der Waals surface area contributed by atoms with Gasteiger partial charge in [0.05, 0.1) is 0 Å². The van der Waals surface area contributed by atoms with Gasteiger partial charge in [-0.2, -0.15) is 8.78 Å². The van der Waals surface area contributed by atoms with Crippen LogP contribution in [-0.2, 0) is 15.1 Å². The summed E-state index contributed by atoms with van der Waals surface area (Å²) in [5.41, 5.74) is -0.0155. The lowest BCUT2D eigenvalue weighted by atomic mass is 9.89. The molecule has 0 spiro atoms. The largest absolute Gasteiger partial charge is 0.404 e. The molecule has 1 N–H and O–H groups in total. The summed E-state index contributed by atoms with van der Waals surface area (Å²) in [6, 6.07) is 8.80. The molecule has 2 rings (SSSR count). The molecule has 216 valence electrons. The van der Waals surface area contributed by atoms with Crippen molar-refractivity contribution < 1.29 is 18.0 Å². The Balaban J connectivity index is 2.58. The van der Waals surface area contributed by atoms with E-state index in [9.17, 15) is 4.79 Å². The third-order valence-corrected chi connectivity index (χ3v) is 13.7. The Labute approximate surface area is 232 Å². The molecular weight excluding hydrogens is 496 g/mol. The van der Waals surface area contributed by atoms with Crippen molar-refractivity contribution in [3.63, 3.8) is 0 Å². The van der Waals surface area contributed by atoms with Gasteiger partial charge in [0.15, 0.2) is 8.32 Å². The van der Waals surface area contributed by atoms with Gasteiger partial charge in [0.2, 0.25) is 5.91 Å². The molecule has 1 aliphatic heterocycles. The lowest BCUT2D eigenvalue weighted by molar-refractivity contribution is -0.119. The number of carbonyl (C=O) groups is 1. The highest BCUT2D eigenvalue weighted by Crippen LogP contribution is 2.55. The Hall–Kier alpha value is -1.53. The van der Waals surface area contributed by atoms with Crippen molar-refractivity contribution in [1.82, 2.24) is 5.32 Å². The van der Waals surface area contributed by atoms with Crippen molar-refractivity contribution in [1.29, 1.82) is 0 Å². The summed E-state index contributed by atoms with van der Waals surface area (Å²) in [4.78, 5) is 11.8. The van der Waals surface area contributed by atoms with Gasteiger partial charge in [-0.25, -0.2) is 0 Å². The molecule has 1 saturated heterocycles. The van der Waals surface area contributed by atoms with Gasteiger partial charge < -0.3 is 9.74 Å². The maximum absolute atomic E-state index is 16.3. The molecule has 2 unspecified atom stereocenters. The van der Waals surface area contributed by atoms with E-state index in [2.05, 4.69) is 39.6 Å².